The third-order valence-corrected chi connectivity index (χ3v) is 4.77. The van der Waals surface area contributed by atoms with E-state index in [2.05, 4.69) is 20.9 Å². The number of hydrogen-bond donors (Lipinski definition) is 0. The van der Waals surface area contributed by atoms with Crippen LogP contribution in [0.5, 0.6) is 0 Å². The van der Waals surface area contributed by atoms with E-state index in [1.807, 2.05) is 11.4 Å². The molecule has 0 aliphatic rings. The summed E-state index contributed by atoms with van der Waals surface area (Å²) in [5, 5.41) is 2.46. The van der Waals surface area contributed by atoms with E-state index in [0.29, 0.717) is 12.1 Å². The second kappa shape index (κ2) is 6.22. The predicted octanol–water partition coefficient (Wildman–Crippen LogP) is 4.48. The van der Waals surface area contributed by atoms with E-state index >= 15 is 0 Å². The van der Waals surface area contributed by atoms with E-state index in [1.54, 1.807) is 23.3 Å². The molecule has 100 valence electrons. The molecule has 0 atom stereocenters. The number of halogens is 3. The van der Waals surface area contributed by atoms with Gasteiger partial charge in [-0.15, -0.1) is 11.3 Å². The van der Waals surface area contributed by atoms with Crippen molar-refractivity contribution >= 4 is 56.4 Å². The topological polar surface area (TPSA) is 33.2 Å². The Kier molecular flexibility index (Phi) is 4.84. The van der Waals surface area contributed by atoms with Crippen molar-refractivity contribution in [1.82, 2.24) is 9.88 Å². The lowest BCUT2D eigenvalue weighted by atomic mass is 10.2. The van der Waals surface area contributed by atoms with E-state index in [0.717, 1.165) is 9.35 Å². The van der Waals surface area contributed by atoms with Crippen molar-refractivity contribution in [2.24, 2.45) is 0 Å². The Labute approximate surface area is 133 Å². The summed E-state index contributed by atoms with van der Waals surface area (Å²) in [5.74, 6) is -0.143. The van der Waals surface area contributed by atoms with Crippen LogP contribution in [-0.2, 0) is 6.54 Å². The molecule has 3 nitrogen and oxygen atoms in total. The molecular weight excluding hydrogens is 371 g/mol. The fourth-order valence-corrected chi connectivity index (χ4v) is 3.27. The minimum atomic E-state index is -0.143. The molecule has 0 N–H and O–H groups in total. The van der Waals surface area contributed by atoms with Gasteiger partial charge in [0.25, 0.3) is 5.91 Å². The van der Waals surface area contributed by atoms with Crippen molar-refractivity contribution in [3.63, 3.8) is 0 Å². The van der Waals surface area contributed by atoms with Gasteiger partial charge in [0.15, 0.2) is 0 Å². The van der Waals surface area contributed by atoms with Crippen LogP contribution in [0, 0.1) is 0 Å². The molecule has 0 fully saturated rings. The molecule has 19 heavy (non-hydrogen) atoms. The van der Waals surface area contributed by atoms with Gasteiger partial charge in [0.2, 0.25) is 0 Å². The first-order valence-electron chi connectivity index (χ1n) is 5.27. The van der Waals surface area contributed by atoms with Gasteiger partial charge in [-0.3, -0.25) is 4.79 Å². The third kappa shape index (κ3) is 3.69. The molecule has 2 heterocycles. The number of hydrogen-bond acceptors (Lipinski definition) is 3. The maximum Gasteiger partial charge on any atom is 0.255 e. The van der Waals surface area contributed by atoms with Gasteiger partial charge >= 0.3 is 0 Å². The fourth-order valence-electron chi connectivity index (χ4n) is 1.50. The highest BCUT2D eigenvalue weighted by Crippen LogP contribution is 2.23. The minimum Gasteiger partial charge on any atom is -0.337 e. The van der Waals surface area contributed by atoms with Crippen LogP contribution in [0.25, 0.3) is 0 Å². The molecule has 2 aromatic heterocycles. The van der Waals surface area contributed by atoms with E-state index in [9.17, 15) is 4.79 Å². The number of carbonyl (C=O) groups is 1. The number of rotatable bonds is 3. The van der Waals surface area contributed by atoms with Crippen molar-refractivity contribution in [3.05, 3.63) is 48.8 Å². The van der Waals surface area contributed by atoms with Crippen LogP contribution in [0.1, 0.15) is 15.2 Å². The second-order valence-corrected chi connectivity index (χ2v) is 6.57. The van der Waals surface area contributed by atoms with Crippen molar-refractivity contribution in [2.45, 2.75) is 6.54 Å². The van der Waals surface area contributed by atoms with Crippen LogP contribution in [0.3, 0.4) is 0 Å². The van der Waals surface area contributed by atoms with E-state index in [-0.39, 0.29) is 16.1 Å². The van der Waals surface area contributed by atoms with Crippen LogP contribution >= 0.6 is 50.5 Å². The van der Waals surface area contributed by atoms with Crippen LogP contribution in [0.15, 0.2) is 28.2 Å². The van der Waals surface area contributed by atoms with E-state index in [1.165, 1.54) is 12.3 Å². The van der Waals surface area contributed by atoms with Gasteiger partial charge in [0.1, 0.15) is 5.15 Å². The molecule has 0 radical (unpaired) electrons. The molecule has 0 saturated heterocycles. The Morgan fingerprint density at radius 1 is 1.47 bits per heavy atom. The zero-order valence-corrected chi connectivity index (χ0v) is 13.8. The van der Waals surface area contributed by atoms with Crippen molar-refractivity contribution in [3.8, 4) is 0 Å². The Morgan fingerprint density at radius 2 is 2.21 bits per heavy atom. The van der Waals surface area contributed by atoms with Crippen molar-refractivity contribution in [1.29, 1.82) is 0 Å². The first-order valence-corrected chi connectivity index (χ1v) is 7.69. The standard InChI is InChI=1S/C12H9BrCl2N2OS/c1-17(5-9-3-8(13)6-19-9)12(18)7-2-10(14)11(15)16-4-7/h2-4,6H,5H2,1H3. The van der Waals surface area contributed by atoms with Crippen molar-refractivity contribution < 1.29 is 4.79 Å². The summed E-state index contributed by atoms with van der Waals surface area (Å²) in [6, 6.07) is 3.52. The molecule has 1 amide bonds. The number of thiophene rings is 1. The molecular formula is C12H9BrCl2N2OS. The quantitative estimate of drug-likeness (QED) is 0.736. The van der Waals surface area contributed by atoms with Crippen LogP contribution < -0.4 is 0 Å². The highest BCUT2D eigenvalue weighted by Gasteiger charge is 2.14. The SMILES string of the molecule is CN(Cc1cc(Br)cs1)C(=O)c1cnc(Cl)c(Cl)c1. The van der Waals surface area contributed by atoms with Gasteiger partial charge in [-0.05, 0) is 28.1 Å². The largest absolute Gasteiger partial charge is 0.337 e. The predicted molar refractivity (Wildman–Crippen MR) is 82.1 cm³/mol. The summed E-state index contributed by atoms with van der Waals surface area (Å²) >= 11 is 16.6. The molecule has 0 aromatic carbocycles. The van der Waals surface area contributed by atoms with Crippen LogP contribution in [-0.4, -0.2) is 22.8 Å². The normalized spacial score (nSPS) is 10.5. The molecule has 2 aromatic rings. The number of nitrogens with zero attached hydrogens (tertiary/aromatic N) is 2. The number of amides is 1. The molecule has 0 spiro atoms. The minimum absolute atomic E-state index is 0.143. The molecule has 0 aliphatic carbocycles. The maximum absolute atomic E-state index is 12.2. The zero-order chi connectivity index (χ0) is 14.0. The number of carbonyl (C=O) groups excluding carboxylic acids is 1. The Hall–Kier alpha value is -0.620. The van der Waals surface area contributed by atoms with Gasteiger partial charge in [0, 0.05) is 28.0 Å². The van der Waals surface area contributed by atoms with Crippen LogP contribution in [0.4, 0.5) is 0 Å². The Bertz CT molecular complexity index is 618. The summed E-state index contributed by atoms with van der Waals surface area (Å²) in [6.45, 7) is 0.537. The lowest BCUT2D eigenvalue weighted by Gasteiger charge is -2.16. The smallest absolute Gasteiger partial charge is 0.255 e. The zero-order valence-electron chi connectivity index (χ0n) is 9.86. The van der Waals surface area contributed by atoms with Gasteiger partial charge in [0.05, 0.1) is 17.1 Å². The summed E-state index contributed by atoms with van der Waals surface area (Å²) < 4.78 is 1.02. The molecule has 0 aliphatic heterocycles. The highest BCUT2D eigenvalue weighted by atomic mass is 79.9. The first kappa shape index (κ1) is 14.8. The molecule has 7 heteroatoms. The van der Waals surface area contributed by atoms with E-state index < -0.39 is 0 Å². The summed E-state index contributed by atoms with van der Waals surface area (Å²) in [7, 11) is 1.73. The number of pyridine rings is 1. The highest BCUT2D eigenvalue weighted by molar-refractivity contribution is 9.10. The Morgan fingerprint density at radius 3 is 2.79 bits per heavy atom. The average Bonchev–Trinajstić information content (AvgIpc) is 2.77. The third-order valence-electron chi connectivity index (χ3n) is 2.40. The average molecular weight is 380 g/mol. The molecule has 0 bridgehead atoms. The molecule has 0 unspecified atom stereocenters. The lowest BCUT2D eigenvalue weighted by Crippen LogP contribution is -2.25. The van der Waals surface area contributed by atoms with E-state index in [4.69, 9.17) is 23.2 Å². The summed E-state index contributed by atoms with van der Waals surface area (Å²) in [5.41, 5.74) is 0.424. The lowest BCUT2D eigenvalue weighted by molar-refractivity contribution is 0.0786. The fraction of sp³-hybridized carbons (Fsp3) is 0.167. The number of aromatic nitrogens is 1. The second-order valence-electron chi connectivity index (χ2n) is 3.89. The summed E-state index contributed by atoms with van der Waals surface area (Å²) in [4.78, 5) is 18.8. The van der Waals surface area contributed by atoms with Crippen LogP contribution in [0.2, 0.25) is 10.2 Å². The molecule has 0 saturated carbocycles. The first-order chi connectivity index (χ1) is 8.97. The monoisotopic (exact) mass is 378 g/mol. The van der Waals surface area contributed by atoms with Gasteiger partial charge < -0.3 is 4.90 Å². The van der Waals surface area contributed by atoms with Gasteiger partial charge in [-0.1, -0.05) is 23.2 Å². The maximum atomic E-state index is 12.2. The summed E-state index contributed by atoms with van der Waals surface area (Å²) in [6.07, 6.45) is 1.43. The van der Waals surface area contributed by atoms with Gasteiger partial charge in [-0.2, -0.15) is 0 Å². The molecule has 2 rings (SSSR count). The van der Waals surface area contributed by atoms with Crippen molar-refractivity contribution in [2.75, 3.05) is 7.05 Å². The van der Waals surface area contributed by atoms with Gasteiger partial charge in [-0.25, -0.2) is 4.98 Å². The Balaban J connectivity index is 2.12.